The highest BCUT2D eigenvalue weighted by atomic mass is 31.1. The van der Waals surface area contributed by atoms with Gasteiger partial charge in [-0.2, -0.15) is 0 Å². The molecular weight excluding hydrogens is 369 g/mol. The van der Waals surface area contributed by atoms with E-state index in [1.54, 1.807) is 0 Å². The standard InChI is InChI=1S/C23H45NO3P/c1-16(2)20-10-8-18(5)14-22(20)24(12-13-27-28(25)26-7)23-15-19(6)9-11-21(23)17(3)4/h16-23H,8-15H2,1-7H3/q+1. The van der Waals surface area contributed by atoms with Crippen LogP contribution in [0.25, 0.3) is 0 Å². The fourth-order valence-electron chi connectivity index (χ4n) is 5.92. The third kappa shape index (κ3) is 6.49. The van der Waals surface area contributed by atoms with Gasteiger partial charge >= 0.3 is 8.25 Å². The van der Waals surface area contributed by atoms with E-state index in [2.05, 4.69) is 46.4 Å². The van der Waals surface area contributed by atoms with Gasteiger partial charge in [0.05, 0.1) is 7.11 Å². The van der Waals surface area contributed by atoms with Crippen molar-refractivity contribution in [3.05, 3.63) is 0 Å². The second kappa shape index (κ2) is 11.4. The fourth-order valence-corrected chi connectivity index (χ4v) is 6.25. The predicted octanol–water partition coefficient (Wildman–Crippen LogP) is 6.53. The molecule has 0 N–H and O–H groups in total. The maximum Gasteiger partial charge on any atom is 0.697 e. The van der Waals surface area contributed by atoms with Crippen molar-refractivity contribution in [2.45, 2.75) is 92.2 Å². The van der Waals surface area contributed by atoms with Gasteiger partial charge in [0.15, 0.2) is 0 Å². The van der Waals surface area contributed by atoms with Crippen LogP contribution in [-0.2, 0) is 13.6 Å². The van der Waals surface area contributed by atoms with Crippen molar-refractivity contribution < 1.29 is 13.6 Å². The summed E-state index contributed by atoms with van der Waals surface area (Å²) in [5.74, 6) is 4.48. The third-order valence-corrected chi connectivity index (χ3v) is 8.21. The largest absolute Gasteiger partial charge is 0.697 e. The molecule has 0 amide bonds. The summed E-state index contributed by atoms with van der Waals surface area (Å²) in [5, 5.41) is 0. The number of hydrogen-bond acceptors (Lipinski definition) is 4. The van der Waals surface area contributed by atoms with E-state index >= 15 is 0 Å². The minimum Gasteiger partial charge on any atom is -0.294 e. The summed E-state index contributed by atoms with van der Waals surface area (Å²) < 4.78 is 22.0. The first-order valence-electron chi connectivity index (χ1n) is 11.6. The van der Waals surface area contributed by atoms with Gasteiger partial charge in [0, 0.05) is 23.2 Å². The topological polar surface area (TPSA) is 38.8 Å². The van der Waals surface area contributed by atoms with E-state index in [0.717, 1.165) is 30.2 Å². The fraction of sp³-hybridized carbons (Fsp3) is 1.00. The van der Waals surface area contributed by atoms with Gasteiger partial charge in [-0.3, -0.25) is 4.90 Å². The van der Waals surface area contributed by atoms with Crippen molar-refractivity contribution in [3.63, 3.8) is 0 Å². The van der Waals surface area contributed by atoms with Gasteiger partial charge in [0.2, 0.25) is 0 Å². The highest BCUT2D eigenvalue weighted by molar-refractivity contribution is 7.33. The quantitative estimate of drug-likeness (QED) is 0.402. The summed E-state index contributed by atoms with van der Waals surface area (Å²) in [4.78, 5) is 2.81. The second-order valence-electron chi connectivity index (χ2n) is 10.3. The van der Waals surface area contributed by atoms with Gasteiger partial charge in [-0.25, -0.2) is 0 Å². The third-order valence-electron chi connectivity index (χ3n) is 7.52. The molecule has 0 aromatic rings. The summed E-state index contributed by atoms with van der Waals surface area (Å²) in [7, 11) is -0.535. The molecule has 7 unspecified atom stereocenters. The summed E-state index contributed by atoms with van der Waals surface area (Å²) in [5.41, 5.74) is 0. The van der Waals surface area contributed by atoms with Crippen LogP contribution in [0.5, 0.6) is 0 Å². The average Bonchev–Trinajstić information content (AvgIpc) is 2.64. The minimum atomic E-state index is -1.99. The van der Waals surface area contributed by atoms with Crippen molar-refractivity contribution in [2.75, 3.05) is 20.3 Å². The van der Waals surface area contributed by atoms with Crippen LogP contribution in [0.3, 0.4) is 0 Å². The summed E-state index contributed by atoms with van der Waals surface area (Å²) >= 11 is 0. The lowest BCUT2D eigenvalue weighted by molar-refractivity contribution is -0.0286. The molecule has 0 heterocycles. The normalized spacial score (nSPS) is 35.0. The molecule has 0 aliphatic heterocycles. The van der Waals surface area contributed by atoms with Gasteiger partial charge in [0.1, 0.15) is 6.61 Å². The van der Waals surface area contributed by atoms with Gasteiger partial charge in [-0.1, -0.05) is 54.4 Å². The number of nitrogens with zero attached hydrogens (tertiary/aromatic N) is 1. The Morgan fingerprint density at radius 3 is 1.75 bits per heavy atom. The SMILES string of the molecule is CO[P+](=O)OCCN(C1CC(C)CCC1C(C)C)C1CC(C)CCC1C(C)C. The van der Waals surface area contributed by atoms with E-state index in [4.69, 9.17) is 9.05 Å². The van der Waals surface area contributed by atoms with E-state index in [-0.39, 0.29) is 0 Å². The Kier molecular flexibility index (Phi) is 9.87. The molecule has 0 radical (unpaired) electrons. The molecule has 2 saturated carbocycles. The van der Waals surface area contributed by atoms with Crippen LogP contribution in [0, 0.1) is 35.5 Å². The number of hydrogen-bond donors (Lipinski definition) is 0. The molecule has 5 heteroatoms. The molecule has 2 aliphatic carbocycles. The molecule has 0 aromatic heterocycles. The van der Waals surface area contributed by atoms with Crippen LogP contribution in [-0.4, -0.2) is 37.2 Å². The van der Waals surface area contributed by atoms with Crippen LogP contribution in [0.15, 0.2) is 0 Å². The molecule has 2 rings (SSSR count). The maximum absolute atomic E-state index is 11.7. The molecule has 0 saturated heterocycles. The van der Waals surface area contributed by atoms with Crippen molar-refractivity contribution in [1.82, 2.24) is 4.90 Å². The first-order chi connectivity index (χ1) is 13.2. The molecule has 7 atom stereocenters. The first-order valence-corrected chi connectivity index (χ1v) is 12.7. The lowest BCUT2D eigenvalue weighted by atomic mass is 9.69. The van der Waals surface area contributed by atoms with Gasteiger partial charge in [0.25, 0.3) is 0 Å². The molecule has 0 spiro atoms. The van der Waals surface area contributed by atoms with Crippen molar-refractivity contribution in [2.24, 2.45) is 35.5 Å². The second-order valence-corrected chi connectivity index (χ2v) is 11.3. The van der Waals surface area contributed by atoms with Crippen LogP contribution < -0.4 is 0 Å². The van der Waals surface area contributed by atoms with Gasteiger partial charge < -0.3 is 0 Å². The molecular formula is C23H45NO3P+. The van der Waals surface area contributed by atoms with Crippen molar-refractivity contribution in [3.8, 4) is 0 Å². The Bertz CT molecular complexity index is 452. The average molecular weight is 415 g/mol. The molecule has 2 aliphatic rings. The molecule has 0 bridgehead atoms. The van der Waals surface area contributed by atoms with E-state index in [1.807, 2.05) is 0 Å². The Hall–Kier alpha value is -0.0200. The predicted molar refractivity (Wildman–Crippen MR) is 118 cm³/mol. The maximum atomic E-state index is 11.7. The lowest BCUT2D eigenvalue weighted by Crippen LogP contribution is -2.55. The highest BCUT2D eigenvalue weighted by Crippen LogP contribution is 2.43. The summed E-state index contributed by atoms with van der Waals surface area (Å²) in [6.07, 6.45) is 7.95. The van der Waals surface area contributed by atoms with Crippen molar-refractivity contribution >= 4 is 8.25 Å². The summed E-state index contributed by atoms with van der Waals surface area (Å²) in [6, 6.07) is 1.23. The minimum absolute atomic E-state index is 0.494. The molecule has 164 valence electrons. The lowest BCUT2D eigenvalue weighted by Gasteiger charge is -2.51. The monoisotopic (exact) mass is 414 g/mol. The highest BCUT2D eigenvalue weighted by Gasteiger charge is 2.42. The smallest absolute Gasteiger partial charge is 0.294 e. The van der Waals surface area contributed by atoms with Crippen LogP contribution in [0.1, 0.15) is 80.1 Å². The van der Waals surface area contributed by atoms with Crippen molar-refractivity contribution in [1.29, 1.82) is 0 Å². The zero-order valence-corrected chi connectivity index (χ0v) is 20.3. The Labute approximate surface area is 175 Å². The Balaban J connectivity index is 2.26. The molecule has 2 fully saturated rings. The van der Waals surface area contributed by atoms with Gasteiger partial charge in [-0.15, -0.1) is 9.05 Å². The summed E-state index contributed by atoms with van der Waals surface area (Å²) in [6.45, 7) is 15.8. The van der Waals surface area contributed by atoms with Crippen LogP contribution in [0.4, 0.5) is 0 Å². The number of rotatable bonds is 9. The zero-order chi connectivity index (χ0) is 20.8. The van der Waals surface area contributed by atoms with E-state index in [1.165, 1.54) is 45.6 Å². The van der Waals surface area contributed by atoms with Crippen LogP contribution in [0.2, 0.25) is 0 Å². The Morgan fingerprint density at radius 2 is 1.36 bits per heavy atom. The van der Waals surface area contributed by atoms with Gasteiger partial charge in [-0.05, 0) is 61.2 Å². The molecule has 0 aromatic carbocycles. The Morgan fingerprint density at radius 1 is 0.893 bits per heavy atom. The first kappa shape index (κ1) is 24.3. The van der Waals surface area contributed by atoms with E-state index in [9.17, 15) is 4.57 Å². The molecule has 4 nitrogen and oxygen atoms in total. The molecule has 28 heavy (non-hydrogen) atoms. The van der Waals surface area contributed by atoms with Crippen LogP contribution >= 0.6 is 8.25 Å². The van der Waals surface area contributed by atoms with E-state index in [0.29, 0.717) is 30.5 Å². The zero-order valence-electron chi connectivity index (χ0n) is 19.4. The van der Waals surface area contributed by atoms with E-state index < -0.39 is 8.25 Å².